The lowest BCUT2D eigenvalue weighted by Crippen LogP contribution is -2.22. The topological polar surface area (TPSA) is 14.2 Å². The smallest absolute Gasteiger partial charge is 0.264 e. The summed E-state index contributed by atoms with van der Waals surface area (Å²) in [4.78, 5) is 0. The molecule has 2 rings (SSSR count). The molecule has 0 N–H and O–H groups in total. The van der Waals surface area contributed by atoms with E-state index < -0.39 is 9.04 Å². The van der Waals surface area contributed by atoms with Crippen molar-refractivity contribution in [3.63, 3.8) is 0 Å². The first-order valence-electron chi connectivity index (χ1n) is 6.17. The first-order chi connectivity index (χ1) is 7.89. The van der Waals surface area contributed by atoms with E-state index in [0.29, 0.717) is 0 Å². The lowest BCUT2D eigenvalue weighted by atomic mass is 9.85. The molecule has 3 heteroatoms. The highest BCUT2D eigenvalue weighted by Crippen LogP contribution is 2.30. The molecule has 0 atom stereocenters. The minimum Gasteiger partial charge on any atom is -0.474 e. The second-order valence-corrected chi connectivity index (χ2v) is 8.09. The molecule has 0 aliphatic heterocycles. The molecule has 0 amide bonds. The number of rotatable bonds is 2. The van der Waals surface area contributed by atoms with E-state index in [2.05, 4.69) is 58.1 Å². The van der Waals surface area contributed by atoms with Gasteiger partial charge in [0.2, 0.25) is 0 Å². The van der Waals surface area contributed by atoms with Gasteiger partial charge in [-0.15, -0.1) is 0 Å². The van der Waals surface area contributed by atoms with Crippen molar-refractivity contribution in [3.8, 4) is 0 Å². The third-order valence-corrected chi connectivity index (χ3v) is 3.48. The highest BCUT2D eigenvalue weighted by atomic mass is 28.3. The molecule has 92 valence electrons. The van der Waals surface area contributed by atoms with E-state index in [1.165, 1.54) is 16.5 Å². The Kier molecular flexibility index (Phi) is 3.04. The van der Waals surface area contributed by atoms with Crippen LogP contribution in [-0.4, -0.2) is 13.8 Å². The average molecular weight is 247 g/mol. The SMILES string of the molecule is C[SiH](C)On1ccc2c(C(C)(C)C)cccc21. The molecule has 0 fully saturated rings. The van der Waals surface area contributed by atoms with Gasteiger partial charge < -0.3 is 4.53 Å². The van der Waals surface area contributed by atoms with Crippen molar-refractivity contribution in [2.75, 3.05) is 0 Å². The Hall–Kier alpha value is -1.22. The summed E-state index contributed by atoms with van der Waals surface area (Å²) in [6, 6.07) is 8.61. The van der Waals surface area contributed by atoms with Gasteiger partial charge in [-0.25, -0.2) is 4.73 Å². The van der Waals surface area contributed by atoms with E-state index >= 15 is 0 Å². The van der Waals surface area contributed by atoms with E-state index in [-0.39, 0.29) is 5.41 Å². The van der Waals surface area contributed by atoms with Gasteiger partial charge in [-0.3, -0.25) is 0 Å². The Bertz CT molecular complexity index is 522. The monoisotopic (exact) mass is 247 g/mol. The van der Waals surface area contributed by atoms with Crippen LogP contribution in [0.2, 0.25) is 13.1 Å². The molecule has 0 spiro atoms. The van der Waals surface area contributed by atoms with Gasteiger partial charge in [0.15, 0.2) is 0 Å². The van der Waals surface area contributed by atoms with Crippen molar-refractivity contribution >= 4 is 19.9 Å². The van der Waals surface area contributed by atoms with Crippen LogP contribution < -0.4 is 4.53 Å². The first kappa shape index (κ1) is 12.2. The zero-order valence-electron chi connectivity index (χ0n) is 11.3. The maximum atomic E-state index is 5.89. The minimum absolute atomic E-state index is 0.168. The highest BCUT2D eigenvalue weighted by Gasteiger charge is 2.18. The standard InChI is InChI=1S/C14H21NOSi/c1-14(2,3)12-7-6-8-13-11(12)9-10-15(13)16-17(4)5/h6-10,17H,1-5H3. The van der Waals surface area contributed by atoms with Crippen molar-refractivity contribution in [1.82, 2.24) is 4.73 Å². The Balaban J connectivity index is 2.57. The predicted molar refractivity (Wildman–Crippen MR) is 76.1 cm³/mol. The fourth-order valence-corrected chi connectivity index (χ4v) is 2.75. The Morgan fingerprint density at radius 3 is 2.41 bits per heavy atom. The van der Waals surface area contributed by atoms with Gasteiger partial charge in [0.25, 0.3) is 9.04 Å². The molecular weight excluding hydrogens is 226 g/mol. The Morgan fingerprint density at radius 2 is 1.82 bits per heavy atom. The van der Waals surface area contributed by atoms with E-state index in [1.54, 1.807) is 0 Å². The number of aromatic nitrogens is 1. The second kappa shape index (κ2) is 4.22. The Labute approximate surface area is 105 Å². The van der Waals surface area contributed by atoms with Crippen LogP contribution in [0.3, 0.4) is 0 Å². The number of benzene rings is 1. The predicted octanol–water partition coefficient (Wildman–Crippen LogP) is 3.35. The van der Waals surface area contributed by atoms with Crippen molar-refractivity contribution in [2.45, 2.75) is 39.3 Å². The lowest BCUT2D eigenvalue weighted by molar-refractivity contribution is 0.296. The molecule has 0 aliphatic rings. The molecule has 0 saturated heterocycles. The molecule has 1 aromatic carbocycles. The first-order valence-corrected chi connectivity index (χ1v) is 8.95. The summed E-state index contributed by atoms with van der Waals surface area (Å²) in [7, 11) is -1.07. The van der Waals surface area contributed by atoms with Crippen LogP contribution in [0.5, 0.6) is 0 Å². The molecule has 0 radical (unpaired) electrons. The highest BCUT2D eigenvalue weighted by molar-refractivity contribution is 6.48. The fraction of sp³-hybridized carbons (Fsp3) is 0.429. The van der Waals surface area contributed by atoms with Gasteiger partial charge >= 0.3 is 0 Å². The van der Waals surface area contributed by atoms with Gasteiger partial charge in [0.05, 0.1) is 5.52 Å². The van der Waals surface area contributed by atoms with Crippen LogP contribution in [0.4, 0.5) is 0 Å². The van der Waals surface area contributed by atoms with E-state index in [4.69, 9.17) is 4.53 Å². The molecule has 0 aliphatic carbocycles. The quantitative estimate of drug-likeness (QED) is 0.742. The lowest BCUT2D eigenvalue weighted by Gasteiger charge is -2.20. The molecule has 1 heterocycles. The summed E-state index contributed by atoms with van der Waals surface area (Å²) >= 11 is 0. The van der Waals surface area contributed by atoms with Crippen LogP contribution in [0.25, 0.3) is 10.9 Å². The third-order valence-electron chi connectivity index (χ3n) is 2.83. The average Bonchev–Trinajstić information content (AvgIpc) is 2.59. The summed E-state index contributed by atoms with van der Waals surface area (Å²) in [6.07, 6.45) is 2.03. The van der Waals surface area contributed by atoms with E-state index in [9.17, 15) is 0 Å². The second-order valence-electron chi connectivity index (χ2n) is 5.78. The molecule has 1 aromatic heterocycles. The summed E-state index contributed by atoms with van der Waals surface area (Å²) in [6.45, 7) is 11.1. The molecule has 0 unspecified atom stereocenters. The summed E-state index contributed by atoms with van der Waals surface area (Å²) in [5.41, 5.74) is 2.72. The number of fused-ring (bicyclic) bond motifs is 1. The van der Waals surface area contributed by atoms with Gasteiger partial charge in [0.1, 0.15) is 0 Å². The number of nitrogens with zero attached hydrogens (tertiary/aromatic N) is 1. The Morgan fingerprint density at radius 1 is 1.12 bits per heavy atom. The van der Waals surface area contributed by atoms with Crippen LogP contribution in [0.1, 0.15) is 26.3 Å². The van der Waals surface area contributed by atoms with E-state index in [1.807, 2.05) is 10.9 Å². The van der Waals surface area contributed by atoms with E-state index in [0.717, 1.165) is 0 Å². The molecule has 0 saturated carbocycles. The zero-order chi connectivity index (χ0) is 12.6. The number of hydrogen-bond donors (Lipinski definition) is 0. The van der Waals surface area contributed by atoms with Crippen molar-refractivity contribution in [3.05, 3.63) is 36.0 Å². The fourth-order valence-electron chi connectivity index (χ4n) is 2.12. The minimum atomic E-state index is -1.07. The van der Waals surface area contributed by atoms with Gasteiger partial charge in [-0.05, 0) is 36.2 Å². The third kappa shape index (κ3) is 2.39. The summed E-state index contributed by atoms with van der Waals surface area (Å²) < 4.78 is 7.82. The van der Waals surface area contributed by atoms with Gasteiger partial charge in [-0.2, -0.15) is 0 Å². The normalized spacial score (nSPS) is 12.4. The van der Waals surface area contributed by atoms with Crippen LogP contribution in [-0.2, 0) is 5.41 Å². The van der Waals surface area contributed by atoms with Crippen molar-refractivity contribution < 1.29 is 4.53 Å². The largest absolute Gasteiger partial charge is 0.474 e. The molecule has 2 aromatic rings. The number of hydrogen-bond acceptors (Lipinski definition) is 1. The van der Waals surface area contributed by atoms with Crippen LogP contribution in [0.15, 0.2) is 30.5 Å². The molecule has 2 nitrogen and oxygen atoms in total. The maximum Gasteiger partial charge on any atom is 0.264 e. The summed E-state index contributed by atoms with van der Waals surface area (Å²) in [5, 5.41) is 1.30. The summed E-state index contributed by atoms with van der Waals surface area (Å²) in [5.74, 6) is 0. The van der Waals surface area contributed by atoms with Crippen LogP contribution in [0, 0.1) is 0 Å². The van der Waals surface area contributed by atoms with Crippen molar-refractivity contribution in [1.29, 1.82) is 0 Å². The zero-order valence-corrected chi connectivity index (χ0v) is 12.5. The molecule has 17 heavy (non-hydrogen) atoms. The molecular formula is C14H21NOSi. The van der Waals surface area contributed by atoms with Crippen LogP contribution >= 0.6 is 0 Å². The maximum absolute atomic E-state index is 5.89. The van der Waals surface area contributed by atoms with Crippen molar-refractivity contribution in [2.24, 2.45) is 0 Å². The van der Waals surface area contributed by atoms with Gasteiger partial charge in [0, 0.05) is 11.6 Å². The van der Waals surface area contributed by atoms with Gasteiger partial charge in [-0.1, -0.05) is 32.9 Å². The molecule has 0 bridgehead atoms.